The summed E-state index contributed by atoms with van der Waals surface area (Å²) in [6.45, 7) is 2.81. The third kappa shape index (κ3) is 4.09. The number of carbonyl (C=O) groups excluding carboxylic acids is 1. The van der Waals surface area contributed by atoms with Crippen LogP contribution in [0.25, 0.3) is 5.57 Å². The molecular formula is C26H25NO2. The Kier molecular flexibility index (Phi) is 5.48. The lowest BCUT2D eigenvalue weighted by molar-refractivity contribution is -0.115. The summed E-state index contributed by atoms with van der Waals surface area (Å²) in [4.78, 5) is 15.4. The van der Waals surface area contributed by atoms with Gasteiger partial charge in [-0.3, -0.25) is 4.79 Å². The number of nitrogens with zero attached hydrogens (tertiary/aromatic N) is 1. The van der Waals surface area contributed by atoms with Crippen molar-refractivity contribution < 1.29 is 9.53 Å². The Hall–Kier alpha value is -3.33. The minimum Gasteiger partial charge on any atom is -0.497 e. The number of ketones is 1. The lowest BCUT2D eigenvalue weighted by Crippen LogP contribution is -2.31. The molecule has 0 spiro atoms. The van der Waals surface area contributed by atoms with Crippen LogP contribution in [0.5, 0.6) is 5.75 Å². The van der Waals surface area contributed by atoms with Crippen molar-refractivity contribution in [1.82, 2.24) is 4.90 Å². The zero-order valence-corrected chi connectivity index (χ0v) is 16.8. The second-order valence-electron chi connectivity index (χ2n) is 7.43. The van der Waals surface area contributed by atoms with E-state index in [0.717, 1.165) is 34.6 Å². The predicted octanol–water partition coefficient (Wildman–Crippen LogP) is 5.56. The molecular weight excluding hydrogens is 358 g/mol. The second kappa shape index (κ2) is 8.36. The predicted molar refractivity (Wildman–Crippen MR) is 117 cm³/mol. The molecule has 1 heterocycles. The van der Waals surface area contributed by atoms with Crippen molar-refractivity contribution in [3.05, 3.63) is 107 Å². The maximum absolute atomic E-state index is 13.1. The van der Waals surface area contributed by atoms with Gasteiger partial charge in [-0.1, -0.05) is 66.7 Å². The van der Waals surface area contributed by atoms with E-state index in [0.29, 0.717) is 6.42 Å². The molecule has 1 unspecified atom stereocenters. The average Bonchev–Trinajstić information content (AvgIpc) is 2.76. The van der Waals surface area contributed by atoms with Crippen LogP contribution in [0.3, 0.4) is 0 Å². The molecule has 29 heavy (non-hydrogen) atoms. The number of carbonyl (C=O) groups is 1. The summed E-state index contributed by atoms with van der Waals surface area (Å²) in [5.74, 6) is 1.01. The van der Waals surface area contributed by atoms with Crippen LogP contribution >= 0.6 is 0 Å². The minimum atomic E-state index is 0.00128. The maximum Gasteiger partial charge on any atom is 0.167 e. The summed E-state index contributed by atoms with van der Waals surface area (Å²) < 4.78 is 5.30. The molecule has 146 valence electrons. The molecule has 0 aromatic heterocycles. The van der Waals surface area contributed by atoms with Gasteiger partial charge in [0.1, 0.15) is 5.75 Å². The number of rotatable bonds is 5. The summed E-state index contributed by atoms with van der Waals surface area (Å²) in [7, 11) is 1.66. The molecule has 4 rings (SSSR count). The minimum absolute atomic E-state index is 0.00128. The Morgan fingerprint density at radius 1 is 0.931 bits per heavy atom. The monoisotopic (exact) mass is 383 g/mol. The number of hydrogen-bond donors (Lipinski definition) is 0. The zero-order chi connectivity index (χ0) is 20.2. The van der Waals surface area contributed by atoms with E-state index in [1.54, 1.807) is 7.11 Å². The summed E-state index contributed by atoms with van der Waals surface area (Å²) in [6, 6.07) is 26.5. The molecule has 0 bridgehead atoms. The van der Waals surface area contributed by atoms with Crippen LogP contribution in [0.15, 0.2) is 85.1 Å². The Balaban J connectivity index is 1.74. The van der Waals surface area contributed by atoms with Crippen molar-refractivity contribution in [2.24, 2.45) is 0 Å². The molecule has 0 saturated heterocycles. The van der Waals surface area contributed by atoms with Gasteiger partial charge in [-0.15, -0.1) is 0 Å². The standard InChI is InChI=1S/C26H25NO2/c1-19-8-6-7-11-23(19)24-18-27(17-20-9-4-3-5-10-20)25(16-26(24)28)21-12-14-22(29-2)15-13-21/h3-15,18,25H,16-17H2,1-2H3. The largest absolute Gasteiger partial charge is 0.497 e. The molecule has 0 fully saturated rings. The summed E-state index contributed by atoms with van der Waals surface area (Å²) in [5.41, 5.74) is 5.28. The fourth-order valence-corrected chi connectivity index (χ4v) is 3.91. The van der Waals surface area contributed by atoms with Crippen LogP contribution < -0.4 is 4.74 Å². The Bertz CT molecular complexity index is 1020. The van der Waals surface area contributed by atoms with Crippen LogP contribution in [0, 0.1) is 6.92 Å². The molecule has 3 heteroatoms. The van der Waals surface area contributed by atoms with Gasteiger partial charge in [0.05, 0.1) is 13.2 Å². The van der Waals surface area contributed by atoms with Gasteiger partial charge in [-0.2, -0.15) is 0 Å². The van der Waals surface area contributed by atoms with E-state index < -0.39 is 0 Å². The average molecular weight is 383 g/mol. The van der Waals surface area contributed by atoms with Crippen LogP contribution in [0.1, 0.15) is 34.7 Å². The molecule has 0 amide bonds. The molecule has 3 aromatic carbocycles. The van der Waals surface area contributed by atoms with Crippen molar-refractivity contribution in [3.63, 3.8) is 0 Å². The Morgan fingerprint density at radius 3 is 2.31 bits per heavy atom. The summed E-state index contributed by atoms with van der Waals surface area (Å²) >= 11 is 0. The highest BCUT2D eigenvalue weighted by atomic mass is 16.5. The van der Waals surface area contributed by atoms with Crippen LogP contribution in [-0.2, 0) is 11.3 Å². The molecule has 3 aromatic rings. The third-order valence-corrected chi connectivity index (χ3v) is 5.52. The molecule has 0 radical (unpaired) electrons. The SMILES string of the molecule is COc1ccc(C2CC(=O)C(c3ccccc3C)=CN2Cc2ccccc2)cc1. The second-order valence-corrected chi connectivity index (χ2v) is 7.43. The van der Waals surface area contributed by atoms with E-state index in [4.69, 9.17) is 4.74 Å². The third-order valence-electron chi connectivity index (χ3n) is 5.52. The zero-order valence-electron chi connectivity index (χ0n) is 16.8. The van der Waals surface area contributed by atoms with Crippen molar-refractivity contribution in [1.29, 1.82) is 0 Å². The lowest BCUT2D eigenvalue weighted by Gasteiger charge is -2.35. The van der Waals surface area contributed by atoms with Gasteiger partial charge in [0.15, 0.2) is 5.78 Å². The van der Waals surface area contributed by atoms with E-state index in [-0.39, 0.29) is 11.8 Å². The first kappa shape index (κ1) is 19.0. The first-order valence-corrected chi connectivity index (χ1v) is 9.90. The topological polar surface area (TPSA) is 29.5 Å². The lowest BCUT2D eigenvalue weighted by atomic mass is 9.88. The summed E-state index contributed by atoms with van der Waals surface area (Å²) in [5, 5.41) is 0. The van der Waals surface area contributed by atoms with Gasteiger partial charge in [-0.05, 0) is 41.3 Å². The fraction of sp³-hybridized carbons (Fsp3) is 0.192. The van der Waals surface area contributed by atoms with Crippen molar-refractivity contribution in [2.45, 2.75) is 25.9 Å². The van der Waals surface area contributed by atoms with Gasteiger partial charge in [0.2, 0.25) is 0 Å². The van der Waals surface area contributed by atoms with Crippen LogP contribution in [-0.4, -0.2) is 17.8 Å². The number of Topliss-reactive ketones (excluding diaryl/α,β-unsaturated/α-hetero) is 1. The smallest absolute Gasteiger partial charge is 0.167 e. The molecule has 0 N–H and O–H groups in total. The molecule has 0 saturated carbocycles. The van der Waals surface area contributed by atoms with Crippen molar-refractivity contribution >= 4 is 11.4 Å². The number of hydrogen-bond acceptors (Lipinski definition) is 3. The van der Waals surface area contributed by atoms with Crippen molar-refractivity contribution in [2.75, 3.05) is 7.11 Å². The van der Waals surface area contributed by atoms with Crippen LogP contribution in [0.2, 0.25) is 0 Å². The van der Waals surface area contributed by atoms with E-state index >= 15 is 0 Å². The summed E-state index contributed by atoms with van der Waals surface area (Å²) in [6.07, 6.45) is 2.51. The van der Waals surface area contributed by atoms with E-state index in [1.165, 1.54) is 5.56 Å². The normalized spacial score (nSPS) is 16.5. The first-order chi connectivity index (χ1) is 14.2. The highest BCUT2D eigenvalue weighted by molar-refractivity contribution is 6.21. The molecule has 0 aliphatic carbocycles. The van der Waals surface area contributed by atoms with E-state index in [2.05, 4.69) is 60.5 Å². The quantitative estimate of drug-likeness (QED) is 0.578. The van der Waals surface area contributed by atoms with Gasteiger partial charge >= 0.3 is 0 Å². The van der Waals surface area contributed by atoms with E-state index in [9.17, 15) is 4.79 Å². The highest BCUT2D eigenvalue weighted by Crippen LogP contribution is 2.36. The molecule has 1 aliphatic rings. The molecule has 1 atom stereocenters. The Labute approximate surface area is 172 Å². The van der Waals surface area contributed by atoms with Gasteiger partial charge in [0, 0.05) is 24.7 Å². The maximum atomic E-state index is 13.1. The van der Waals surface area contributed by atoms with Gasteiger partial charge < -0.3 is 9.64 Å². The molecule has 3 nitrogen and oxygen atoms in total. The number of aryl methyl sites for hydroxylation is 1. The number of allylic oxidation sites excluding steroid dienone is 1. The molecule has 1 aliphatic heterocycles. The number of methoxy groups -OCH3 is 1. The fourth-order valence-electron chi connectivity index (χ4n) is 3.91. The van der Waals surface area contributed by atoms with Crippen LogP contribution in [0.4, 0.5) is 0 Å². The number of benzene rings is 3. The van der Waals surface area contributed by atoms with Gasteiger partial charge in [0.25, 0.3) is 0 Å². The first-order valence-electron chi connectivity index (χ1n) is 9.90. The number of ether oxygens (including phenoxy) is 1. The van der Waals surface area contributed by atoms with Crippen molar-refractivity contribution in [3.8, 4) is 5.75 Å². The van der Waals surface area contributed by atoms with Gasteiger partial charge in [-0.25, -0.2) is 0 Å². The highest BCUT2D eigenvalue weighted by Gasteiger charge is 2.30. The Morgan fingerprint density at radius 2 is 1.62 bits per heavy atom. The van der Waals surface area contributed by atoms with E-state index in [1.807, 2.05) is 36.4 Å².